The number of nitrogens with one attached hydrogen (secondary N) is 1. The van der Waals surface area contributed by atoms with Gasteiger partial charge in [-0.2, -0.15) is 0 Å². The van der Waals surface area contributed by atoms with Crippen molar-refractivity contribution >= 4 is 0 Å². The maximum Gasteiger partial charge on any atom is 0.0791 e. The van der Waals surface area contributed by atoms with Gasteiger partial charge in [-0.1, -0.05) is 33.1 Å². The maximum absolute atomic E-state index is 9.96. The van der Waals surface area contributed by atoms with Gasteiger partial charge in [0.25, 0.3) is 0 Å². The molecule has 1 unspecified atom stereocenters. The van der Waals surface area contributed by atoms with Crippen molar-refractivity contribution in [3.8, 4) is 0 Å². The quantitative estimate of drug-likeness (QED) is 0.698. The highest BCUT2D eigenvalue weighted by Gasteiger charge is 2.16. The van der Waals surface area contributed by atoms with Crippen molar-refractivity contribution in [2.75, 3.05) is 33.2 Å². The number of nitrogens with zero attached hydrogens (tertiary/aromatic N) is 1. The van der Waals surface area contributed by atoms with Crippen LogP contribution in [0.5, 0.6) is 0 Å². The van der Waals surface area contributed by atoms with Crippen LogP contribution in [0, 0.1) is 11.8 Å². The van der Waals surface area contributed by atoms with E-state index in [0.29, 0.717) is 12.5 Å². The summed E-state index contributed by atoms with van der Waals surface area (Å²) in [6.07, 6.45) is 6.74. The van der Waals surface area contributed by atoms with Gasteiger partial charge < -0.3 is 15.3 Å². The van der Waals surface area contributed by atoms with Gasteiger partial charge in [-0.25, -0.2) is 0 Å². The smallest absolute Gasteiger partial charge is 0.0791 e. The van der Waals surface area contributed by atoms with Crippen molar-refractivity contribution < 1.29 is 5.11 Å². The maximum atomic E-state index is 9.96. The largest absolute Gasteiger partial charge is 0.390 e. The Balaban J connectivity index is 2.08. The number of hydrogen-bond donors (Lipinski definition) is 2. The third kappa shape index (κ3) is 7.34. The van der Waals surface area contributed by atoms with Gasteiger partial charge in [0.05, 0.1) is 6.10 Å². The van der Waals surface area contributed by atoms with Gasteiger partial charge >= 0.3 is 0 Å². The van der Waals surface area contributed by atoms with Crippen molar-refractivity contribution in [3.63, 3.8) is 0 Å². The zero-order valence-corrected chi connectivity index (χ0v) is 12.5. The number of rotatable bonds is 8. The second-order valence-electron chi connectivity index (χ2n) is 6.43. The van der Waals surface area contributed by atoms with Crippen LogP contribution in [-0.2, 0) is 0 Å². The predicted octanol–water partition coefficient (Wildman–Crippen LogP) is 2.10. The molecule has 1 fully saturated rings. The lowest BCUT2D eigenvalue weighted by molar-refractivity contribution is 0.111. The van der Waals surface area contributed by atoms with E-state index in [1.165, 1.54) is 32.1 Å². The zero-order chi connectivity index (χ0) is 13.4. The molecule has 0 bridgehead atoms. The number of hydrogen-bond acceptors (Lipinski definition) is 3. The summed E-state index contributed by atoms with van der Waals surface area (Å²) in [6.45, 7) is 8.03. The summed E-state index contributed by atoms with van der Waals surface area (Å²) in [5.74, 6) is 1.51. The average molecular weight is 256 g/mol. The Hall–Kier alpha value is -0.120. The predicted molar refractivity (Wildman–Crippen MR) is 77.8 cm³/mol. The van der Waals surface area contributed by atoms with E-state index in [-0.39, 0.29) is 6.10 Å². The molecule has 3 heteroatoms. The van der Waals surface area contributed by atoms with Crippen molar-refractivity contribution in [1.82, 2.24) is 10.2 Å². The van der Waals surface area contributed by atoms with Gasteiger partial charge in [-0.15, -0.1) is 0 Å². The van der Waals surface area contributed by atoms with E-state index in [1.54, 1.807) is 0 Å². The molecule has 1 rings (SSSR count). The van der Waals surface area contributed by atoms with Crippen LogP contribution < -0.4 is 5.32 Å². The highest BCUT2D eigenvalue weighted by atomic mass is 16.3. The molecule has 1 saturated carbocycles. The molecule has 18 heavy (non-hydrogen) atoms. The van der Waals surface area contributed by atoms with E-state index >= 15 is 0 Å². The lowest BCUT2D eigenvalue weighted by atomic mass is 9.89. The SMILES string of the molecule is CC(C)CNCC(O)CN(C)CC1CCCCC1. The van der Waals surface area contributed by atoms with Crippen LogP contribution in [0.3, 0.4) is 0 Å². The molecule has 0 aromatic rings. The second-order valence-corrected chi connectivity index (χ2v) is 6.43. The fourth-order valence-electron chi connectivity index (χ4n) is 2.85. The molecule has 0 aromatic carbocycles. The Kier molecular flexibility index (Phi) is 7.87. The minimum Gasteiger partial charge on any atom is -0.390 e. The van der Waals surface area contributed by atoms with Crippen LogP contribution in [0.15, 0.2) is 0 Å². The first-order chi connectivity index (χ1) is 8.58. The molecular formula is C15H32N2O. The first kappa shape index (κ1) is 15.9. The standard InChI is InChI=1S/C15H32N2O/c1-13(2)9-16-10-15(18)12-17(3)11-14-7-5-4-6-8-14/h13-16,18H,4-12H2,1-3H3. The summed E-state index contributed by atoms with van der Waals surface area (Å²) < 4.78 is 0. The topological polar surface area (TPSA) is 35.5 Å². The molecule has 108 valence electrons. The van der Waals surface area contributed by atoms with E-state index < -0.39 is 0 Å². The Morgan fingerprint density at radius 2 is 1.83 bits per heavy atom. The van der Waals surface area contributed by atoms with Crippen molar-refractivity contribution in [2.45, 2.75) is 52.1 Å². The highest BCUT2D eigenvalue weighted by Crippen LogP contribution is 2.23. The van der Waals surface area contributed by atoms with Gasteiger partial charge in [-0.3, -0.25) is 0 Å². The third-order valence-corrected chi connectivity index (χ3v) is 3.75. The molecule has 1 aliphatic rings. The van der Waals surface area contributed by atoms with Gasteiger partial charge in [0.1, 0.15) is 0 Å². The molecule has 1 atom stereocenters. The Morgan fingerprint density at radius 1 is 1.17 bits per heavy atom. The van der Waals surface area contributed by atoms with E-state index in [2.05, 4.69) is 31.1 Å². The molecule has 0 aromatic heterocycles. The van der Waals surface area contributed by atoms with E-state index in [4.69, 9.17) is 0 Å². The molecule has 2 N–H and O–H groups in total. The highest BCUT2D eigenvalue weighted by molar-refractivity contribution is 4.71. The van der Waals surface area contributed by atoms with Crippen LogP contribution in [0.25, 0.3) is 0 Å². The van der Waals surface area contributed by atoms with Crippen molar-refractivity contribution in [3.05, 3.63) is 0 Å². The molecule has 0 aliphatic heterocycles. The van der Waals surface area contributed by atoms with Gasteiger partial charge in [0.2, 0.25) is 0 Å². The van der Waals surface area contributed by atoms with Crippen molar-refractivity contribution in [1.29, 1.82) is 0 Å². The monoisotopic (exact) mass is 256 g/mol. The molecule has 0 heterocycles. The fourth-order valence-corrected chi connectivity index (χ4v) is 2.85. The molecular weight excluding hydrogens is 224 g/mol. The van der Waals surface area contributed by atoms with Crippen LogP contribution in [0.1, 0.15) is 46.0 Å². The summed E-state index contributed by atoms with van der Waals surface area (Å²) in [5, 5.41) is 13.3. The van der Waals surface area contributed by atoms with E-state index in [9.17, 15) is 5.11 Å². The molecule has 1 aliphatic carbocycles. The zero-order valence-electron chi connectivity index (χ0n) is 12.5. The van der Waals surface area contributed by atoms with Gasteiger partial charge in [0, 0.05) is 19.6 Å². The minimum absolute atomic E-state index is 0.239. The summed E-state index contributed by atoms with van der Waals surface area (Å²) >= 11 is 0. The van der Waals surface area contributed by atoms with Gasteiger partial charge in [-0.05, 0) is 38.3 Å². The first-order valence-corrected chi connectivity index (χ1v) is 7.65. The van der Waals surface area contributed by atoms with E-state index in [0.717, 1.165) is 25.6 Å². The summed E-state index contributed by atoms with van der Waals surface area (Å²) in [6, 6.07) is 0. The average Bonchev–Trinajstić information content (AvgIpc) is 2.29. The molecule has 0 amide bonds. The lowest BCUT2D eigenvalue weighted by Crippen LogP contribution is -2.39. The molecule has 0 spiro atoms. The molecule has 0 radical (unpaired) electrons. The van der Waals surface area contributed by atoms with Gasteiger partial charge in [0.15, 0.2) is 0 Å². The number of aliphatic hydroxyl groups is 1. The van der Waals surface area contributed by atoms with E-state index in [1.807, 2.05) is 0 Å². The number of likely N-dealkylation sites (N-methyl/N-ethyl adjacent to an activating group) is 1. The molecule has 0 saturated heterocycles. The first-order valence-electron chi connectivity index (χ1n) is 7.65. The van der Waals surface area contributed by atoms with Crippen LogP contribution in [0.4, 0.5) is 0 Å². The molecule has 3 nitrogen and oxygen atoms in total. The lowest BCUT2D eigenvalue weighted by Gasteiger charge is -2.28. The Bertz CT molecular complexity index is 203. The van der Waals surface area contributed by atoms with Crippen LogP contribution in [-0.4, -0.2) is 49.3 Å². The van der Waals surface area contributed by atoms with Crippen LogP contribution >= 0.6 is 0 Å². The Morgan fingerprint density at radius 3 is 2.44 bits per heavy atom. The fraction of sp³-hybridized carbons (Fsp3) is 1.00. The second kappa shape index (κ2) is 8.89. The Labute approximate surface area is 113 Å². The summed E-state index contributed by atoms with van der Waals surface area (Å²) in [7, 11) is 2.14. The third-order valence-electron chi connectivity index (χ3n) is 3.75. The minimum atomic E-state index is -0.239. The van der Waals surface area contributed by atoms with Crippen LogP contribution in [0.2, 0.25) is 0 Å². The summed E-state index contributed by atoms with van der Waals surface area (Å²) in [4.78, 5) is 2.30. The number of aliphatic hydroxyl groups excluding tert-OH is 1. The normalized spacial score (nSPS) is 19.7. The summed E-state index contributed by atoms with van der Waals surface area (Å²) in [5.41, 5.74) is 0. The van der Waals surface area contributed by atoms with Crippen molar-refractivity contribution in [2.24, 2.45) is 11.8 Å².